The molecule has 2 heterocycles. The molecule has 0 saturated heterocycles. The van der Waals surface area contributed by atoms with Gasteiger partial charge in [0.1, 0.15) is 6.61 Å². The molecule has 0 atom stereocenters. The second-order valence-electron chi connectivity index (χ2n) is 6.61. The van der Waals surface area contributed by atoms with Crippen molar-refractivity contribution in [3.63, 3.8) is 0 Å². The lowest BCUT2D eigenvalue weighted by Gasteiger charge is -2.09. The fourth-order valence-electron chi connectivity index (χ4n) is 3.26. The monoisotopic (exact) mass is 387 g/mol. The average Bonchev–Trinajstić information content (AvgIpc) is 3.10. The number of ether oxygens (including phenoxy) is 1. The molecule has 0 amide bonds. The molecule has 0 aliphatic rings. The summed E-state index contributed by atoms with van der Waals surface area (Å²) in [5.74, 6) is 0.419. The van der Waals surface area contributed by atoms with Gasteiger partial charge in [-0.2, -0.15) is 0 Å². The molecule has 0 fully saturated rings. The van der Waals surface area contributed by atoms with Crippen molar-refractivity contribution in [2.75, 3.05) is 0 Å². The number of nitro groups is 1. The summed E-state index contributed by atoms with van der Waals surface area (Å²) in [4.78, 5) is 26.5. The molecular formula is C22H17N3O4. The van der Waals surface area contributed by atoms with Crippen LogP contribution in [0.5, 0.6) is 5.88 Å². The molecule has 0 saturated carbocycles. The first-order valence-corrected chi connectivity index (χ1v) is 8.95. The van der Waals surface area contributed by atoms with E-state index in [2.05, 4.69) is 4.98 Å². The SMILES string of the molecule is Cc1cc([N+](=O)[O-])ccc1-n1cc(C=O)c2cc(OCc3ccccc3)ncc21. The number of nitrogens with zero attached hydrogens (tertiary/aromatic N) is 3. The number of aryl methyl sites for hydroxylation is 1. The van der Waals surface area contributed by atoms with Gasteiger partial charge in [0.15, 0.2) is 6.29 Å². The number of fused-ring (bicyclic) bond motifs is 1. The Labute approximate surface area is 166 Å². The number of aromatic nitrogens is 2. The lowest BCUT2D eigenvalue weighted by Crippen LogP contribution is -1.99. The molecule has 29 heavy (non-hydrogen) atoms. The minimum Gasteiger partial charge on any atom is -0.473 e. The highest BCUT2D eigenvalue weighted by atomic mass is 16.6. The third-order valence-corrected chi connectivity index (χ3v) is 4.70. The van der Waals surface area contributed by atoms with E-state index in [1.54, 1.807) is 31.5 Å². The maximum atomic E-state index is 11.6. The standard InChI is InChI=1S/C22H17N3O4/c1-15-9-18(25(27)28)7-8-20(15)24-12-17(13-26)19-10-22(23-11-21(19)24)29-14-16-5-3-2-4-6-16/h2-13H,14H2,1H3. The van der Waals surface area contributed by atoms with E-state index >= 15 is 0 Å². The zero-order chi connectivity index (χ0) is 20.4. The number of benzene rings is 2. The van der Waals surface area contributed by atoms with Gasteiger partial charge < -0.3 is 9.30 Å². The van der Waals surface area contributed by atoms with Crippen LogP contribution in [0.2, 0.25) is 0 Å². The lowest BCUT2D eigenvalue weighted by molar-refractivity contribution is -0.384. The Bertz CT molecular complexity index is 1220. The number of hydrogen-bond donors (Lipinski definition) is 0. The molecule has 4 rings (SSSR count). The van der Waals surface area contributed by atoms with Crippen molar-refractivity contribution in [1.82, 2.24) is 9.55 Å². The molecule has 7 heteroatoms. The number of rotatable bonds is 6. The zero-order valence-corrected chi connectivity index (χ0v) is 15.6. The smallest absolute Gasteiger partial charge is 0.269 e. The zero-order valence-electron chi connectivity index (χ0n) is 15.6. The first kappa shape index (κ1) is 18.4. The van der Waals surface area contributed by atoms with Crippen LogP contribution < -0.4 is 4.74 Å². The van der Waals surface area contributed by atoms with Crippen molar-refractivity contribution in [3.8, 4) is 11.6 Å². The van der Waals surface area contributed by atoms with Gasteiger partial charge in [0.05, 0.1) is 16.6 Å². The van der Waals surface area contributed by atoms with E-state index in [1.165, 1.54) is 12.1 Å². The summed E-state index contributed by atoms with van der Waals surface area (Å²) in [5.41, 5.74) is 3.71. The molecule has 4 aromatic rings. The van der Waals surface area contributed by atoms with Crippen LogP contribution in [0.4, 0.5) is 5.69 Å². The van der Waals surface area contributed by atoms with E-state index in [1.807, 2.05) is 34.9 Å². The van der Waals surface area contributed by atoms with E-state index in [9.17, 15) is 14.9 Å². The Hall–Kier alpha value is -4.00. The number of non-ortho nitro benzene ring substituents is 1. The molecule has 0 bridgehead atoms. The number of hydrogen-bond acceptors (Lipinski definition) is 5. The predicted octanol–water partition coefficient (Wildman–Crippen LogP) is 4.63. The van der Waals surface area contributed by atoms with Gasteiger partial charge in [-0.3, -0.25) is 14.9 Å². The maximum absolute atomic E-state index is 11.6. The second-order valence-corrected chi connectivity index (χ2v) is 6.61. The number of aldehydes is 1. The summed E-state index contributed by atoms with van der Waals surface area (Å²) in [6, 6.07) is 16.1. The summed E-state index contributed by atoms with van der Waals surface area (Å²) in [7, 11) is 0. The minimum absolute atomic E-state index is 0.0213. The van der Waals surface area contributed by atoms with Crippen LogP contribution in [0.1, 0.15) is 21.5 Å². The second kappa shape index (κ2) is 7.55. The van der Waals surface area contributed by atoms with Gasteiger partial charge in [0, 0.05) is 41.0 Å². The highest BCUT2D eigenvalue weighted by Crippen LogP contribution is 2.29. The van der Waals surface area contributed by atoms with E-state index in [0.29, 0.717) is 23.4 Å². The molecule has 144 valence electrons. The van der Waals surface area contributed by atoms with Crippen molar-refractivity contribution >= 4 is 22.9 Å². The highest BCUT2D eigenvalue weighted by molar-refractivity contribution is 5.98. The summed E-state index contributed by atoms with van der Waals surface area (Å²) in [6.07, 6.45) is 4.12. The summed E-state index contributed by atoms with van der Waals surface area (Å²) < 4.78 is 7.58. The average molecular weight is 387 g/mol. The van der Waals surface area contributed by atoms with Crippen LogP contribution in [0.3, 0.4) is 0 Å². The summed E-state index contributed by atoms with van der Waals surface area (Å²) in [6.45, 7) is 2.16. The summed E-state index contributed by atoms with van der Waals surface area (Å²) >= 11 is 0. The first-order chi connectivity index (χ1) is 14.1. The fourth-order valence-corrected chi connectivity index (χ4v) is 3.26. The molecule has 0 aliphatic heterocycles. The maximum Gasteiger partial charge on any atom is 0.269 e. The Morgan fingerprint density at radius 3 is 2.66 bits per heavy atom. The van der Waals surface area contributed by atoms with Gasteiger partial charge in [-0.05, 0) is 24.1 Å². The number of nitro benzene ring substituents is 1. The predicted molar refractivity (Wildman–Crippen MR) is 109 cm³/mol. The van der Waals surface area contributed by atoms with Gasteiger partial charge in [0.2, 0.25) is 5.88 Å². The van der Waals surface area contributed by atoms with Crippen LogP contribution >= 0.6 is 0 Å². The molecule has 0 unspecified atom stereocenters. The van der Waals surface area contributed by atoms with Crippen molar-refractivity contribution < 1.29 is 14.5 Å². The molecule has 0 radical (unpaired) electrons. The molecular weight excluding hydrogens is 370 g/mol. The van der Waals surface area contributed by atoms with E-state index < -0.39 is 4.92 Å². The molecule has 0 N–H and O–H groups in total. The third-order valence-electron chi connectivity index (χ3n) is 4.70. The molecule has 0 spiro atoms. The Balaban J connectivity index is 1.72. The van der Waals surface area contributed by atoms with Crippen LogP contribution in [0.25, 0.3) is 16.6 Å². The van der Waals surface area contributed by atoms with Crippen LogP contribution in [0.15, 0.2) is 67.0 Å². The first-order valence-electron chi connectivity index (χ1n) is 8.95. The van der Waals surface area contributed by atoms with Crippen molar-refractivity contribution in [2.24, 2.45) is 0 Å². The van der Waals surface area contributed by atoms with E-state index in [0.717, 1.165) is 28.6 Å². The van der Waals surface area contributed by atoms with Crippen LogP contribution in [-0.4, -0.2) is 20.8 Å². The Morgan fingerprint density at radius 2 is 1.97 bits per heavy atom. The van der Waals surface area contributed by atoms with Crippen molar-refractivity contribution in [3.05, 3.63) is 93.8 Å². The lowest BCUT2D eigenvalue weighted by atomic mass is 10.1. The van der Waals surface area contributed by atoms with Crippen LogP contribution in [0, 0.1) is 17.0 Å². The van der Waals surface area contributed by atoms with Crippen molar-refractivity contribution in [2.45, 2.75) is 13.5 Å². The third kappa shape index (κ3) is 3.58. The molecule has 2 aromatic carbocycles. The molecule has 7 nitrogen and oxygen atoms in total. The van der Waals surface area contributed by atoms with Crippen molar-refractivity contribution in [1.29, 1.82) is 0 Å². The number of pyridine rings is 1. The normalized spacial score (nSPS) is 10.8. The Kier molecular flexibility index (Phi) is 4.78. The minimum atomic E-state index is -0.431. The van der Waals surface area contributed by atoms with Gasteiger partial charge in [-0.25, -0.2) is 4.98 Å². The topological polar surface area (TPSA) is 87.3 Å². The van der Waals surface area contributed by atoms with Crippen LogP contribution in [-0.2, 0) is 6.61 Å². The molecule has 0 aliphatic carbocycles. The number of carbonyl (C=O) groups excluding carboxylic acids is 1. The highest BCUT2D eigenvalue weighted by Gasteiger charge is 2.15. The fraction of sp³-hybridized carbons (Fsp3) is 0.0909. The van der Waals surface area contributed by atoms with E-state index in [-0.39, 0.29) is 5.69 Å². The van der Waals surface area contributed by atoms with Gasteiger partial charge in [0.25, 0.3) is 5.69 Å². The van der Waals surface area contributed by atoms with Gasteiger partial charge in [-0.1, -0.05) is 30.3 Å². The quantitative estimate of drug-likeness (QED) is 0.273. The molecule has 2 aromatic heterocycles. The Morgan fingerprint density at radius 1 is 1.17 bits per heavy atom. The van der Waals surface area contributed by atoms with E-state index in [4.69, 9.17) is 4.74 Å². The van der Waals surface area contributed by atoms with Gasteiger partial charge in [-0.15, -0.1) is 0 Å². The summed E-state index contributed by atoms with van der Waals surface area (Å²) in [5, 5.41) is 11.7. The van der Waals surface area contributed by atoms with Gasteiger partial charge >= 0.3 is 0 Å². The largest absolute Gasteiger partial charge is 0.473 e. The number of carbonyl (C=O) groups is 1.